The Bertz CT molecular complexity index is 357. The second-order valence-electron chi connectivity index (χ2n) is 4.26. The van der Waals surface area contributed by atoms with Crippen molar-refractivity contribution in [2.45, 2.75) is 32.2 Å². The lowest BCUT2D eigenvalue weighted by Gasteiger charge is -2.12. The van der Waals surface area contributed by atoms with Crippen molar-refractivity contribution < 1.29 is 4.79 Å². The molecule has 1 aromatic heterocycles. The van der Waals surface area contributed by atoms with Crippen molar-refractivity contribution in [3.63, 3.8) is 0 Å². The Labute approximate surface area is 93.7 Å². The largest absolute Gasteiger partial charge is 0.397 e. The monoisotopic (exact) mass is 224 g/mol. The standard InChI is InChI=1S/C11H16N2OS/c1-7(6-8-2-3-8)13-11(14)10-9(12)4-5-15-10/h4-5,7-8H,2-3,6,12H2,1H3,(H,13,14). The molecule has 4 heteroatoms. The van der Waals surface area contributed by atoms with Crippen LogP contribution in [0.5, 0.6) is 0 Å². The first kappa shape index (κ1) is 10.5. The number of nitrogens with one attached hydrogen (secondary N) is 1. The molecule has 1 fully saturated rings. The summed E-state index contributed by atoms with van der Waals surface area (Å²) in [4.78, 5) is 12.4. The van der Waals surface area contributed by atoms with Crippen LogP contribution in [0.25, 0.3) is 0 Å². The van der Waals surface area contributed by atoms with Gasteiger partial charge in [0.25, 0.3) is 5.91 Å². The molecule has 1 heterocycles. The van der Waals surface area contributed by atoms with Gasteiger partial charge in [0.1, 0.15) is 4.88 Å². The fourth-order valence-electron chi connectivity index (χ4n) is 1.71. The van der Waals surface area contributed by atoms with Gasteiger partial charge in [0, 0.05) is 6.04 Å². The molecule has 1 aliphatic rings. The molecule has 0 aliphatic heterocycles. The molecule has 1 amide bonds. The number of rotatable bonds is 4. The normalized spacial score (nSPS) is 17.4. The summed E-state index contributed by atoms with van der Waals surface area (Å²) in [6.07, 6.45) is 3.74. The van der Waals surface area contributed by atoms with Crippen LogP contribution >= 0.6 is 11.3 Å². The van der Waals surface area contributed by atoms with Gasteiger partial charge in [-0.1, -0.05) is 12.8 Å². The van der Waals surface area contributed by atoms with Gasteiger partial charge < -0.3 is 11.1 Å². The minimum Gasteiger partial charge on any atom is -0.397 e. The van der Waals surface area contributed by atoms with E-state index in [1.165, 1.54) is 24.2 Å². The van der Waals surface area contributed by atoms with Gasteiger partial charge in [-0.25, -0.2) is 0 Å². The molecule has 1 atom stereocenters. The molecule has 0 saturated heterocycles. The predicted octanol–water partition coefficient (Wildman–Crippen LogP) is 2.25. The van der Waals surface area contributed by atoms with Crippen molar-refractivity contribution in [2.75, 3.05) is 5.73 Å². The first-order valence-corrected chi connectivity index (χ1v) is 6.18. The lowest BCUT2D eigenvalue weighted by molar-refractivity contribution is 0.0942. The first-order valence-electron chi connectivity index (χ1n) is 5.30. The van der Waals surface area contributed by atoms with Crippen LogP contribution in [0.4, 0.5) is 5.69 Å². The Balaban J connectivity index is 1.88. The summed E-state index contributed by atoms with van der Waals surface area (Å²) >= 11 is 1.40. The smallest absolute Gasteiger partial charge is 0.263 e. The molecule has 3 nitrogen and oxygen atoms in total. The van der Waals surface area contributed by atoms with Crippen molar-refractivity contribution in [2.24, 2.45) is 5.92 Å². The van der Waals surface area contributed by atoms with Crippen molar-refractivity contribution in [1.82, 2.24) is 5.32 Å². The van der Waals surface area contributed by atoms with E-state index in [0.29, 0.717) is 10.6 Å². The zero-order valence-corrected chi connectivity index (χ0v) is 9.64. The van der Waals surface area contributed by atoms with E-state index in [-0.39, 0.29) is 11.9 Å². The number of amides is 1. The highest BCUT2D eigenvalue weighted by Crippen LogP contribution is 2.33. The minimum absolute atomic E-state index is 0.0318. The number of carbonyl (C=O) groups is 1. The van der Waals surface area contributed by atoms with E-state index >= 15 is 0 Å². The van der Waals surface area contributed by atoms with Gasteiger partial charge in [0.2, 0.25) is 0 Å². The van der Waals surface area contributed by atoms with Gasteiger partial charge in [-0.2, -0.15) is 0 Å². The van der Waals surface area contributed by atoms with Gasteiger partial charge >= 0.3 is 0 Å². The van der Waals surface area contributed by atoms with E-state index in [1.807, 2.05) is 5.38 Å². The Kier molecular flexibility index (Phi) is 2.95. The zero-order chi connectivity index (χ0) is 10.8. The van der Waals surface area contributed by atoms with Crippen LogP contribution in [0.2, 0.25) is 0 Å². The maximum absolute atomic E-state index is 11.8. The maximum atomic E-state index is 11.8. The van der Waals surface area contributed by atoms with Crippen molar-refractivity contribution in [3.05, 3.63) is 16.3 Å². The fourth-order valence-corrected chi connectivity index (χ4v) is 2.43. The van der Waals surface area contributed by atoms with Crippen LogP contribution in [-0.4, -0.2) is 11.9 Å². The van der Waals surface area contributed by atoms with E-state index in [1.54, 1.807) is 6.07 Å². The molecule has 1 saturated carbocycles. The molecule has 15 heavy (non-hydrogen) atoms. The Morgan fingerprint density at radius 3 is 3.00 bits per heavy atom. The molecule has 0 aromatic carbocycles. The molecule has 0 spiro atoms. The third-order valence-electron chi connectivity index (χ3n) is 2.66. The number of thiophene rings is 1. The van der Waals surface area contributed by atoms with Crippen LogP contribution in [0.1, 0.15) is 35.9 Å². The summed E-state index contributed by atoms with van der Waals surface area (Å²) in [5.41, 5.74) is 6.26. The molecule has 1 unspecified atom stereocenters. The van der Waals surface area contributed by atoms with Crippen molar-refractivity contribution >= 4 is 22.9 Å². The quantitative estimate of drug-likeness (QED) is 0.824. The highest BCUT2D eigenvalue weighted by atomic mass is 32.1. The SMILES string of the molecule is CC(CC1CC1)NC(=O)c1sccc1N. The Hall–Kier alpha value is -1.03. The minimum atomic E-state index is -0.0318. The molecule has 0 radical (unpaired) electrons. The van der Waals surface area contributed by atoms with Crippen LogP contribution in [0.3, 0.4) is 0 Å². The lowest BCUT2D eigenvalue weighted by Crippen LogP contribution is -2.32. The molecular formula is C11H16N2OS. The van der Waals surface area contributed by atoms with Gasteiger partial charge in [0.15, 0.2) is 0 Å². The van der Waals surface area contributed by atoms with Gasteiger partial charge in [-0.05, 0) is 30.7 Å². The number of nitrogen functional groups attached to an aromatic ring is 1. The molecule has 2 rings (SSSR count). The van der Waals surface area contributed by atoms with Crippen LogP contribution in [-0.2, 0) is 0 Å². The van der Waals surface area contributed by atoms with E-state index in [4.69, 9.17) is 5.73 Å². The summed E-state index contributed by atoms with van der Waals surface area (Å²) in [6, 6.07) is 2.03. The zero-order valence-electron chi connectivity index (χ0n) is 8.82. The van der Waals surface area contributed by atoms with Crippen LogP contribution in [0, 0.1) is 5.92 Å². The average Bonchev–Trinajstić information content (AvgIpc) is 2.85. The Morgan fingerprint density at radius 1 is 1.73 bits per heavy atom. The molecule has 3 N–H and O–H groups in total. The first-order chi connectivity index (χ1) is 7.16. The highest BCUT2D eigenvalue weighted by molar-refractivity contribution is 7.12. The number of anilines is 1. The molecule has 1 aromatic rings. The highest BCUT2D eigenvalue weighted by Gasteiger charge is 2.24. The number of hydrogen-bond acceptors (Lipinski definition) is 3. The second-order valence-corrected chi connectivity index (χ2v) is 5.17. The summed E-state index contributed by atoms with van der Waals surface area (Å²) in [7, 11) is 0. The Morgan fingerprint density at radius 2 is 2.47 bits per heavy atom. The topological polar surface area (TPSA) is 55.1 Å². The third kappa shape index (κ3) is 2.72. The molecule has 82 valence electrons. The van der Waals surface area contributed by atoms with Gasteiger partial charge in [0.05, 0.1) is 5.69 Å². The molecule has 0 bridgehead atoms. The molecule has 1 aliphatic carbocycles. The van der Waals surface area contributed by atoms with Gasteiger partial charge in [-0.15, -0.1) is 11.3 Å². The summed E-state index contributed by atoms with van der Waals surface area (Å²) in [6.45, 7) is 2.06. The summed E-state index contributed by atoms with van der Waals surface area (Å²) in [5, 5.41) is 4.83. The third-order valence-corrected chi connectivity index (χ3v) is 3.59. The van der Waals surface area contributed by atoms with E-state index in [0.717, 1.165) is 12.3 Å². The van der Waals surface area contributed by atoms with Crippen LogP contribution < -0.4 is 11.1 Å². The summed E-state index contributed by atoms with van der Waals surface area (Å²) < 4.78 is 0. The number of nitrogens with two attached hydrogens (primary N) is 1. The molecular weight excluding hydrogens is 208 g/mol. The average molecular weight is 224 g/mol. The van der Waals surface area contributed by atoms with Gasteiger partial charge in [-0.3, -0.25) is 4.79 Å². The number of carbonyl (C=O) groups excluding carboxylic acids is 1. The van der Waals surface area contributed by atoms with E-state index in [2.05, 4.69) is 12.2 Å². The van der Waals surface area contributed by atoms with E-state index in [9.17, 15) is 4.79 Å². The number of hydrogen-bond donors (Lipinski definition) is 2. The van der Waals surface area contributed by atoms with Crippen molar-refractivity contribution in [1.29, 1.82) is 0 Å². The fraction of sp³-hybridized carbons (Fsp3) is 0.545. The lowest BCUT2D eigenvalue weighted by atomic mass is 10.1. The predicted molar refractivity (Wildman–Crippen MR) is 63.0 cm³/mol. The van der Waals surface area contributed by atoms with Crippen molar-refractivity contribution in [3.8, 4) is 0 Å². The van der Waals surface area contributed by atoms with E-state index < -0.39 is 0 Å². The van der Waals surface area contributed by atoms with Crippen LogP contribution in [0.15, 0.2) is 11.4 Å². The summed E-state index contributed by atoms with van der Waals surface area (Å²) in [5.74, 6) is 0.802. The second kappa shape index (κ2) is 4.23. The maximum Gasteiger partial charge on any atom is 0.263 e.